The molecule has 0 aromatic rings. The van der Waals surface area contributed by atoms with E-state index in [1.165, 1.54) is 0 Å². The Morgan fingerprint density at radius 3 is 2.47 bits per heavy atom. The highest BCUT2D eigenvalue weighted by atomic mass is 32.2. The number of carbonyl (C=O) groups excluding carboxylic acids is 3. The van der Waals surface area contributed by atoms with E-state index >= 15 is 0 Å². The molecule has 6 atom stereocenters. The van der Waals surface area contributed by atoms with Crippen LogP contribution in [0.15, 0.2) is 25.3 Å². The first-order valence-corrected chi connectivity index (χ1v) is 14.9. The molecule has 7 nitrogen and oxygen atoms in total. The Kier molecular flexibility index (Phi) is 9.50. The first-order valence-electron chi connectivity index (χ1n) is 14.1. The summed E-state index contributed by atoms with van der Waals surface area (Å²) in [4.78, 5) is 45.8. The van der Waals surface area contributed by atoms with Crippen LogP contribution in [0.3, 0.4) is 0 Å². The largest absolute Gasteiger partial charge is 0.465 e. The van der Waals surface area contributed by atoms with E-state index in [2.05, 4.69) is 54.7 Å². The molecule has 214 valence electrons. The van der Waals surface area contributed by atoms with Gasteiger partial charge in [0.25, 0.3) is 0 Å². The number of aliphatic hydroxyl groups excluding tert-OH is 1. The van der Waals surface area contributed by atoms with Gasteiger partial charge in [-0.15, -0.1) is 24.9 Å². The summed E-state index contributed by atoms with van der Waals surface area (Å²) in [6.45, 7) is 21.5. The molecule has 0 radical (unpaired) electrons. The third-order valence-corrected chi connectivity index (χ3v) is 10.5. The van der Waals surface area contributed by atoms with Crippen LogP contribution in [0.2, 0.25) is 0 Å². The normalized spacial score (nSPS) is 30.3. The minimum absolute atomic E-state index is 0.00945. The number of unbranched alkanes of at least 4 members (excludes halogenated alkanes) is 1. The molecule has 1 spiro atoms. The van der Waals surface area contributed by atoms with Gasteiger partial charge >= 0.3 is 5.97 Å². The summed E-state index contributed by atoms with van der Waals surface area (Å²) in [7, 11) is 0. The molecule has 2 bridgehead atoms. The third-order valence-electron chi connectivity index (χ3n) is 8.40. The molecule has 3 fully saturated rings. The Hall–Kier alpha value is -1.80. The van der Waals surface area contributed by atoms with Crippen LogP contribution in [0.5, 0.6) is 0 Å². The van der Waals surface area contributed by atoms with Gasteiger partial charge in [0.05, 0.1) is 23.2 Å². The second-order valence-electron chi connectivity index (χ2n) is 13.0. The van der Waals surface area contributed by atoms with E-state index in [1.807, 2.05) is 4.90 Å². The monoisotopic (exact) mass is 548 g/mol. The van der Waals surface area contributed by atoms with E-state index in [0.717, 1.165) is 12.8 Å². The van der Waals surface area contributed by atoms with Gasteiger partial charge in [0.2, 0.25) is 11.8 Å². The van der Waals surface area contributed by atoms with E-state index in [-0.39, 0.29) is 47.6 Å². The second-order valence-corrected chi connectivity index (χ2v) is 14.6. The molecule has 3 rings (SSSR count). The molecule has 3 saturated heterocycles. The lowest BCUT2D eigenvalue weighted by molar-refractivity contribution is -0.154. The number of hydrogen-bond acceptors (Lipinski definition) is 6. The molecule has 38 heavy (non-hydrogen) atoms. The number of nitrogens with zero attached hydrogens (tertiary/aromatic N) is 2. The fraction of sp³-hybridized carbons (Fsp3) is 0.767. The van der Waals surface area contributed by atoms with Gasteiger partial charge in [-0.05, 0) is 57.3 Å². The van der Waals surface area contributed by atoms with Crippen LogP contribution >= 0.6 is 11.8 Å². The van der Waals surface area contributed by atoms with Gasteiger partial charge in [0, 0.05) is 30.5 Å². The topological polar surface area (TPSA) is 87.1 Å². The lowest BCUT2D eigenvalue weighted by atomic mass is 9.66. The highest BCUT2D eigenvalue weighted by Crippen LogP contribution is 2.69. The van der Waals surface area contributed by atoms with Gasteiger partial charge in [-0.1, -0.05) is 39.8 Å². The van der Waals surface area contributed by atoms with Gasteiger partial charge in [0.1, 0.15) is 6.04 Å². The van der Waals surface area contributed by atoms with E-state index < -0.39 is 28.2 Å². The van der Waals surface area contributed by atoms with Crippen molar-refractivity contribution in [2.45, 2.75) is 95.2 Å². The predicted octanol–water partition coefficient (Wildman–Crippen LogP) is 4.44. The van der Waals surface area contributed by atoms with E-state index in [9.17, 15) is 19.5 Å². The van der Waals surface area contributed by atoms with Crippen molar-refractivity contribution in [2.24, 2.45) is 23.2 Å². The zero-order valence-corrected chi connectivity index (χ0v) is 25.0. The van der Waals surface area contributed by atoms with Gasteiger partial charge in [-0.25, -0.2) is 0 Å². The quantitative estimate of drug-likeness (QED) is 0.208. The van der Waals surface area contributed by atoms with Crippen LogP contribution < -0.4 is 0 Å². The number of fused-ring (bicyclic) bond motifs is 1. The molecule has 8 heteroatoms. The van der Waals surface area contributed by atoms with E-state index in [0.29, 0.717) is 32.4 Å². The average molecular weight is 549 g/mol. The number of aliphatic hydroxyl groups is 1. The molecule has 3 unspecified atom stereocenters. The smallest absolute Gasteiger partial charge is 0.310 e. The number of amides is 2. The zero-order chi connectivity index (χ0) is 28.5. The maximum absolute atomic E-state index is 14.7. The molecular weight excluding hydrogens is 500 g/mol. The molecule has 0 aliphatic carbocycles. The number of hydrogen-bond donors (Lipinski definition) is 1. The Bertz CT molecular complexity index is 928. The number of likely N-dealkylation sites (tertiary alicyclic amines) is 1. The molecular formula is C30H48N2O5S. The van der Waals surface area contributed by atoms with Crippen LogP contribution in [0.4, 0.5) is 0 Å². The molecule has 1 N–H and O–H groups in total. The molecule has 2 amide bonds. The average Bonchev–Trinajstić information content (AvgIpc) is 3.39. The summed E-state index contributed by atoms with van der Waals surface area (Å²) in [5.41, 5.74) is -0.476. The van der Waals surface area contributed by atoms with Crippen molar-refractivity contribution in [3.05, 3.63) is 25.3 Å². The first-order chi connectivity index (χ1) is 17.8. The Morgan fingerprint density at radius 2 is 1.89 bits per heavy atom. The summed E-state index contributed by atoms with van der Waals surface area (Å²) in [6.07, 6.45) is 6.72. The summed E-state index contributed by atoms with van der Waals surface area (Å²) in [5.74, 6) is -1.58. The molecule has 3 aliphatic rings. The summed E-state index contributed by atoms with van der Waals surface area (Å²) >= 11 is 1.67. The summed E-state index contributed by atoms with van der Waals surface area (Å²) < 4.78 is 4.91. The van der Waals surface area contributed by atoms with Crippen LogP contribution in [0, 0.1) is 23.2 Å². The standard InChI is InChI=1S/C30H48N2O5S/c1-9-11-17-37-27(36)22-21-18-20(3)30(38-21)23(22)25(34)31(15-12-13-16-33)24(30)26(35)32(14-10-2)29(7,8)19-28(4,5)6/h9-10,20-24,33H,1-2,11-19H2,3-8H3/t20?,21-,22+,23+,24?,30?/m1/s1. The highest BCUT2D eigenvalue weighted by molar-refractivity contribution is 8.02. The summed E-state index contributed by atoms with van der Waals surface area (Å²) in [6, 6.07) is -0.672. The lowest BCUT2D eigenvalue weighted by Crippen LogP contribution is -2.61. The van der Waals surface area contributed by atoms with Crippen LogP contribution in [0.25, 0.3) is 0 Å². The molecule has 3 aliphatic heterocycles. The fourth-order valence-corrected chi connectivity index (χ4v) is 9.75. The van der Waals surface area contributed by atoms with Crippen molar-refractivity contribution in [2.75, 3.05) is 26.3 Å². The number of esters is 1. The Morgan fingerprint density at radius 1 is 1.21 bits per heavy atom. The number of thioether (sulfide) groups is 1. The SMILES string of the molecule is C=CCCOC(=O)[C@@H]1[C@H]2C(=O)N(CCCCO)C(C(=O)N(CC=C)C(C)(C)CC(C)(C)C)C23S[C@@H]1CC3C. The van der Waals surface area contributed by atoms with Crippen molar-refractivity contribution in [1.82, 2.24) is 9.80 Å². The van der Waals surface area contributed by atoms with Gasteiger partial charge in [-0.3, -0.25) is 14.4 Å². The molecule has 0 aromatic carbocycles. The van der Waals surface area contributed by atoms with Crippen LogP contribution in [-0.4, -0.2) is 80.6 Å². The number of rotatable bonds is 13. The molecule has 0 saturated carbocycles. The zero-order valence-electron chi connectivity index (χ0n) is 24.2. The van der Waals surface area contributed by atoms with Crippen LogP contribution in [0.1, 0.15) is 73.6 Å². The van der Waals surface area contributed by atoms with Crippen molar-refractivity contribution in [1.29, 1.82) is 0 Å². The van der Waals surface area contributed by atoms with Gasteiger partial charge in [0.15, 0.2) is 0 Å². The maximum Gasteiger partial charge on any atom is 0.310 e. The summed E-state index contributed by atoms with van der Waals surface area (Å²) in [5, 5.41) is 9.38. The highest BCUT2D eigenvalue weighted by Gasteiger charge is 2.76. The number of carbonyl (C=O) groups is 3. The molecule has 3 heterocycles. The van der Waals surface area contributed by atoms with Crippen molar-refractivity contribution in [3.8, 4) is 0 Å². The predicted molar refractivity (Wildman–Crippen MR) is 153 cm³/mol. The maximum atomic E-state index is 14.7. The Labute approximate surface area is 233 Å². The molecule has 0 aromatic heterocycles. The van der Waals surface area contributed by atoms with E-state index in [1.54, 1.807) is 28.8 Å². The van der Waals surface area contributed by atoms with Crippen molar-refractivity contribution >= 4 is 29.5 Å². The van der Waals surface area contributed by atoms with Crippen molar-refractivity contribution < 1.29 is 24.2 Å². The fourth-order valence-electron chi connectivity index (χ4n) is 7.35. The lowest BCUT2D eigenvalue weighted by Gasteiger charge is -2.46. The third kappa shape index (κ3) is 5.58. The first kappa shape index (κ1) is 30.7. The minimum atomic E-state index is -0.683. The van der Waals surface area contributed by atoms with Crippen molar-refractivity contribution in [3.63, 3.8) is 0 Å². The number of ether oxygens (including phenoxy) is 1. The van der Waals surface area contributed by atoms with Crippen LogP contribution in [-0.2, 0) is 19.1 Å². The minimum Gasteiger partial charge on any atom is -0.465 e. The second kappa shape index (κ2) is 11.7. The van der Waals surface area contributed by atoms with E-state index in [4.69, 9.17) is 4.74 Å². The van der Waals surface area contributed by atoms with Gasteiger partial charge < -0.3 is 19.6 Å². The van der Waals surface area contributed by atoms with Gasteiger partial charge in [-0.2, -0.15) is 0 Å². The Balaban J connectivity index is 2.06.